The average Bonchev–Trinajstić information content (AvgIpc) is 2.84. The molecule has 0 radical (unpaired) electrons. The molecular weight excluding hydrogens is 212 g/mol. The first kappa shape index (κ1) is 11.9. The molecule has 0 bridgehead atoms. The Kier molecular flexibility index (Phi) is 4.00. The highest BCUT2D eigenvalue weighted by atomic mass is 16.5. The van der Waals surface area contributed by atoms with Crippen LogP contribution in [0.3, 0.4) is 0 Å². The van der Waals surface area contributed by atoms with Gasteiger partial charge in [0.15, 0.2) is 0 Å². The highest BCUT2D eigenvalue weighted by molar-refractivity contribution is 5.49. The molecule has 2 rings (SSSR count). The van der Waals surface area contributed by atoms with Crippen molar-refractivity contribution >= 4 is 5.69 Å². The lowest BCUT2D eigenvalue weighted by Gasteiger charge is -2.17. The molecule has 1 saturated heterocycles. The van der Waals surface area contributed by atoms with Crippen LogP contribution in [-0.4, -0.2) is 19.3 Å². The zero-order valence-corrected chi connectivity index (χ0v) is 10.1. The number of hydrogen-bond acceptors (Lipinski definition) is 3. The van der Waals surface area contributed by atoms with Crippen LogP contribution in [0.25, 0.3) is 0 Å². The monoisotopic (exact) mass is 230 g/mol. The third kappa shape index (κ3) is 2.98. The molecule has 1 aliphatic heterocycles. The molecule has 0 spiro atoms. The first-order valence-electron chi connectivity index (χ1n) is 6.19. The van der Waals surface area contributed by atoms with E-state index in [1.54, 1.807) is 0 Å². The fourth-order valence-corrected chi connectivity index (χ4v) is 2.33. The molecular formula is C14H18N2O. The van der Waals surface area contributed by atoms with Gasteiger partial charge in [-0.1, -0.05) is 13.0 Å². The van der Waals surface area contributed by atoms with Crippen LogP contribution in [0.4, 0.5) is 5.69 Å². The minimum absolute atomic E-state index is 0.390. The van der Waals surface area contributed by atoms with Crippen molar-refractivity contribution in [2.75, 3.05) is 18.5 Å². The van der Waals surface area contributed by atoms with Gasteiger partial charge in [-0.15, -0.1) is 0 Å². The van der Waals surface area contributed by atoms with Gasteiger partial charge in [0.05, 0.1) is 17.7 Å². The second kappa shape index (κ2) is 5.70. The maximum absolute atomic E-state index is 8.82. The van der Waals surface area contributed by atoms with Gasteiger partial charge in [-0.05, 0) is 31.0 Å². The van der Waals surface area contributed by atoms with Crippen molar-refractivity contribution in [3.63, 3.8) is 0 Å². The first-order valence-corrected chi connectivity index (χ1v) is 6.19. The minimum atomic E-state index is 0.390. The molecule has 0 saturated carbocycles. The third-order valence-electron chi connectivity index (χ3n) is 3.31. The summed E-state index contributed by atoms with van der Waals surface area (Å²) in [5.74, 6) is 0.589. The molecule has 1 aromatic carbocycles. The van der Waals surface area contributed by atoms with E-state index in [1.165, 1.54) is 0 Å². The van der Waals surface area contributed by atoms with E-state index in [2.05, 4.69) is 18.3 Å². The van der Waals surface area contributed by atoms with E-state index < -0.39 is 0 Å². The van der Waals surface area contributed by atoms with E-state index in [9.17, 15) is 0 Å². The van der Waals surface area contributed by atoms with Gasteiger partial charge in [-0.3, -0.25) is 0 Å². The Morgan fingerprint density at radius 3 is 3.18 bits per heavy atom. The lowest BCUT2D eigenvalue weighted by atomic mass is 9.99. The average molecular weight is 230 g/mol. The summed E-state index contributed by atoms with van der Waals surface area (Å²) in [7, 11) is 0. The van der Waals surface area contributed by atoms with Gasteiger partial charge >= 0.3 is 0 Å². The quantitative estimate of drug-likeness (QED) is 0.865. The fraction of sp³-hybridized carbons (Fsp3) is 0.500. The van der Waals surface area contributed by atoms with Crippen LogP contribution < -0.4 is 5.32 Å². The number of hydrogen-bond donors (Lipinski definition) is 1. The summed E-state index contributed by atoms with van der Waals surface area (Å²) >= 11 is 0. The van der Waals surface area contributed by atoms with Crippen LogP contribution in [0, 0.1) is 17.2 Å². The van der Waals surface area contributed by atoms with Crippen LogP contribution in [-0.2, 0) is 4.74 Å². The Hall–Kier alpha value is -1.53. The number of ether oxygens (including phenoxy) is 1. The van der Waals surface area contributed by atoms with Crippen molar-refractivity contribution in [3.05, 3.63) is 29.8 Å². The molecule has 1 aliphatic rings. The zero-order valence-electron chi connectivity index (χ0n) is 10.1. The maximum atomic E-state index is 8.82. The highest BCUT2D eigenvalue weighted by Crippen LogP contribution is 2.23. The van der Waals surface area contributed by atoms with Gasteiger partial charge in [0.2, 0.25) is 0 Å². The SMILES string of the molecule is CCC1OCCC1CNc1cccc(C#N)c1. The predicted molar refractivity (Wildman–Crippen MR) is 67.8 cm³/mol. The Balaban J connectivity index is 1.91. The second-order valence-corrected chi connectivity index (χ2v) is 4.44. The van der Waals surface area contributed by atoms with Gasteiger partial charge in [0, 0.05) is 24.8 Å². The van der Waals surface area contributed by atoms with Gasteiger partial charge in [0.1, 0.15) is 0 Å². The summed E-state index contributed by atoms with van der Waals surface area (Å²) < 4.78 is 5.66. The minimum Gasteiger partial charge on any atom is -0.385 e. The third-order valence-corrected chi connectivity index (χ3v) is 3.31. The summed E-state index contributed by atoms with van der Waals surface area (Å²) in [6, 6.07) is 9.76. The van der Waals surface area contributed by atoms with E-state index in [-0.39, 0.29) is 0 Å². The normalized spacial score (nSPS) is 23.3. The van der Waals surface area contributed by atoms with Crippen LogP contribution in [0.15, 0.2) is 24.3 Å². The van der Waals surface area contributed by atoms with E-state index in [0.29, 0.717) is 17.6 Å². The number of rotatable bonds is 4. The topological polar surface area (TPSA) is 45.0 Å². The molecule has 3 heteroatoms. The van der Waals surface area contributed by atoms with Crippen LogP contribution in [0.5, 0.6) is 0 Å². The number of benzene rings is 1. The van der Waals surface area contributed by atoms with Crippen molar-refractivity contribution in [1.82, 2.24) is 0 Å². The Morgan fingerprint density at radius 2 is 2.41 bits per heavy atom. The number of anilines is 1. The largest absolute Gasteiger partial charge is 0.385 e. The Labute approximate surface area is 102 Å². The van der Waals surface area contributed by atoms with Crippen molar-refractivity contribution in [2.45, 2.75) is 25.9 Å². The molecule has 17 heavy (non-hydrogen) atoms. The molecule has 1 aromatic rings. The Morgan fingerprint density at radius 1 is 1.53 bits per heavy atom. The first-order chi connectivity index (χ1) is 8.33. The zero-order chi connectivity index (χ0) is 12.1. The predicted octanol–water partition coefficient (Wildman–Crippen LogP) is 2.79. The Bertz CT molecular complexity index is 411. The van der Waals surface area contributed by atoms with Gasteiger partial charge in [-0.25, -0.2) is 0 Å². The van der Waals surface area contributed by atoms with E-state index >= 15 is 0 Å². The fourth-order valence-electron chi connectivity index (χ4n) is 2.33. The summed E-state index contributed by atoms with van der Waals surface area (Å²) in [5.41, 5.74) is 1.72. The standard InChI is InChI=1S/C14H18N2O/c1-2-14-12(6-7-17-14)10-16-13-5-3-4-11(8-13)9-15/h3-5,8,12,14,16H,2,6-7,10H2,1H3. The molecule has 0 aliphatic carbocycles. The second-order valence-electron chi connectivity index (χ2n) is 4.44. The lowest BCUT2D eigenvalue weighted by Crippen LogP contribution is -2.22. The van der Waals surface area contributed by atoms with Crippen molar-refractivity contribution in [1.29, 1.82) is 5.26 Å². The summed E-state index contributed by atoms with van der Waals surface area (Å²) in [6.07, 6.45) is 2.59. The van der Waals surface area contributed by atoms with Crippen molar-refractivity contribution < 1.29 is 4.74 Å². The molecule has 1 N–H and O–H groups in total. The van der Waals surface area contributed by atoms with E-state index in [4.69, 9.17) is 10.00 Å². The van der Waals surface area contributed by atoms with Crippen molar-refractivity contribution in [2.24, 2.45) is 5.92 Å². The van der Waals surface area contributed by atoms with Crippen molar-refractivity contribution in [3.8, 4) is 6.07 Å². The molecule has 0 aromatic heterocycles. The van der Waals surface area contributed by atoms with E-state index in [0.717, 1.165) is 31.7 Å². The summed E-state index contributed by atoms with van der Waals surface area (Å²) in [4.78, 5) is 0. The molecule has 3 nitrogen and oxygen atoms in total. The maximum Gasteiger partial charge on any atom is 0.0992 e. The molecule has 2 unspecified atom stereocenters. The molecule has 1 heterocycles. The molecule has 1 fully saturated rings. The number of nitrogens with one attached hydrogen (secondary N) is 1. The van der Waals surface area contributed by atoms with Crippen LogP contribution in [0.1, 0.15) is 25.3 Å². The van der Waals surface area contributed by atoms with Crippen LogP contribution >= 0.6 is 0 Å². The molecule has 2 atom stereocenters. The number of nitriles is 1. The lowest BCUT2D eigenvalue weighted by molar-refractivity contribution is 0.0900. The van der Waals surface area contributed by atoms with Gasteiger partial charge < -0.3 is 10.1 Å². The highest BCUT2D eigenvalue weighted by Gasteiger charge is 2.26. The molecule has 0 amide bonds. The molecule has 90 valence electrons. The smallest absolute Gasteiger partial charge is 0.0992 e. The van der Waals surface area contributed by atoms with Gasteiger partial charge in [0.25, 0.3) is 0 Å². The van der Waals surface area contributed by atoms with E-state index in [1.807, 2.05) is 24.3 Å². The van der Waals surface area contributed by atoms with Crippen LogP contribution in [0.2, 0.25) is 0 Å². The summed E-state index contributed by atoms with van der Waals surface area (Å²) in [5, 5.41) is 12.2. The number of nitrogens with zero attached hydrogens (tertiary/aromatic N) is 1. The summed E-state index contributed by atoms with van der Waals surface area (Å²) in [6.45, 7) is 3.97. The van der Waals surface area contributed by atoms with Gasteiger partial charge in [-0.2, -0.15) is 5.26 Å².